The maximum Gasteiger partial charge on any atom is 0.255 e. The quantitative estimate of drug-likeness (QED) is 0.512. The lowest BCUT2D eigenvalue weighted by molar-refractivity contribution is -0.136. The van der Waals surface area contributed by atoms with E-state index in [0.717, 1.165) is 44.0 Å². The molecule has 8 nitrogen and oxygen atoms in total. The van der Waals surface area contributed by atoms with E-state index >= 15 is 0 Å². The van der Waals surface area contributed by atoms with Crippen LogP contribution in [0.25, 0.3) is 0 Å². The molecule has 1 unspecified atom stereocenters. The summed E-state index contributed by atoms with van der Waals surface area (Å²) in [6.07, 6.45) is 3.17. The summed E-state index contributed by atoms with van der Waals surface area (Å²) in [5.41, 5.74) is 4.95. The Kier molecular flexibility index (Phi) is 7.86. The molecular weight excluding hydrogens is 466 g/mol. The number of anilines is 1. The minimum Gasteiger partial charge on any atom is -0.381 e. The van der Waals surface area contributed by atoms with E-state index in [1.807, 2.05) is 18.2 Å². The van der Waals surface area contributed by atoms with Crippen LogP contribution in [0.4, 0.5) is 5.69 Å². The number of amides is 3. The predicted molar refractivity (Wildman–Crippen MR) is 143 cm³/mol. The van der Waals surface area contributed by atoms with Crippen LogP contribution in [-0.4, -0.2) is 71.2 Å². The van der Waals surface area contributed by atoms with E-state index in [2.05, 4.69) is 51.6 Å². The highest BCUT2D eigenvalue weighted by molar-refractivity contribution is 6.06. The first kappa shape index (κ1) is 25.4. The van der Waals surface area contributed by atoms with E-state index in [1.54, 1.807) is 4.90 Å². The fourth-order valence-corrected chi connectivity index (χ4v) is 5.52. The summed E-state index contributed by atoms with van der Waals surface area (Å²) in [6, 6.07) is 13.8. The van der Waals surface area contributed by atoms with Crippen molar-refractivity contribution < 1.29 is 14.4 Å². The molecule has 3 aliphatic heterocycles. The molecule has 0 aromatic heterocycles. The Bertz CT molecular complexity index is 1140. The Balaban J connectivity index is 1.15. The van der Waals surface area contributed by atoms with Crippen LogP contribution in [-0.2, 0) is 29.2 Å². The average Bonchev–Trinajstić information content (AvgIpc) is 3.24. The first-order valence-electron chi connectivity index (χ1n) is 13.5. The van der Waals surface area contributed by atoms with Gasteiger partial charge in [-0.2, -0.15) is 0 Å². The molecule has 0 bridgehead atoms. The smallest absolute Gasteiger partial charge is 0.255 e. The van der Waals surface area contributed by atoms with Crippen molar-refractivity contribution in [1.29, 1.82) is 0 Å². The van der Waals surface area contributed by atoms with Crippen molar-refractivity contribution in [2.24, 2.45) is 0 Å². The molecule has 3 heterocycles. The number of hydrogen-bond acceptors (Lipinski definition) is 6. The zero-order valence-electron chi connectivity index (χ0n) is 21.7. The maximum atomic E-state index is 13.0. The van der Waals surface area contributed by atoms with Crippen molar-refractivity contribution >= 4 is 23.4 Å². The normalized spacial score (nSPS) is 20.7. The van der Waals surface area contributed by atoms with Crippen molar-refractivity contribution in [1.82, 2.24) is 20.0 Å². The van der Waals surface area contributed by atoms with Gasteiger partial charge in [0, 0.05) is 69.0 Å². The summed E-state index contributed by atoms with van der Waals surface area (Å²) in [7, 11) is 0. The molecule has 0 aliphatic carbocycles. The van der Waals surface area contributed by atoms with E-state index in [1.165, 1.54) is 30.5 Å². The van der Waals surface area contributed by atoms with Gasteiger partial charge in [0.2, 0.25) is 11.8 Å². The fraction of sp³-hybridized carbons (Fsp3) is 0.483. The van der Waals surface area contributed by atoms with Gasteiger partial charge in [0.1, 0.15) is 6.04 Å². The Morgan fingerprint density at radius 1 is 0.946 bits per heavy atom. The molecule has 2 fully saturated rings. The number of unbranched alkanes of at least 4 members (excludes halogenated alkanes) is 1. The lowest BCUT2D eigenvalue weighted by Gasteiger charge is -2.34. The van der Waals surface area contributed by atoms with Crippen LogP contribution in [0.5, 0.6) is 0 Å². The molecule has 1 atom stereocenters. The third-order valence-electron chi connectivity index (χ3n) is 7.79. The largest absolute Gasteiger partial charge is 0.381 e. The molecule has 0 saturated carbocycles. The number of hydrogen-bond donors (Lipinski definition) is 2. The number of nitrogens with zero attached hydrogens (tertiary/aromatic N) is 3. The number of piperidine rings is 1. The van der Waals surface area contributed by atoms with E-state index in [-0.39, 0.29) is 24.1 Å². The Morgan fingerprint density at radius 3 is 2.41 bits per heavy atom. The Labute approximate surface area is 219 Å². The molecule has 37 heavy (non-hydrogen) atoms. The van der Waals surface area contributed by atoms with Crippen LogP contribution >= 0.6 is 0 Å². The second-order valence-electron chi connectivity index (χ2n) is 10.4. The van der Waals surface area contributed by atoms with Crippen LogP contribution in [0.2, 0.25) is 0 Å². The standard InChI is InChI=1S/C29H37N5O3/c1-2-3-13-32-14-16-33(17-15-32)19-22-9-7-21(8-10-22)18-30-25-6-4-5-23-24(25)20-34(29(23)37)26-11-12-27(35)31-28(26)36/h4-10,26,30H,2-3,11-20H2,1H3,(H,31,35,36). The molecule has 196 valence electrons. The minimum atomic E-state index is -0.600. The zero-order chi connectivity index (χ0) is 25.8. The molecule has 2 N–H and O–H groups in total. The maximum absolute atomic E-state index is 13.0. The van der Waals surface area contributed by atoms with Gasteiger partial charge in [-0.1, -0.05) is 43.7 Å². The first-order chi connectivity index (χ1) is 18.0. The number of carbonyl (C=O) groups excluding carboxylic acids is 3. The third kappa shape index (κ3) is 5.86. The molecule has 0 radical (unpaired) electrons. The summed E-state index contributed by atoms with van der Waals surface area (Å²) in [5, 5.41) is 5.86. The number of piperazine rings is 1. The molecule has 5 rings (SSSR count). The highest BCUT2D eigenvalue weighted by atomic mass is 16.2. The number of imide groups is 1. The molecule has 3 amide bonds. The zero-order valence-corrected chi connectivity index (χ0v) is 21.7. The van der Waals surface area contributed by atoms with Gasteiger partial charge in [-0.15, -0.1) is 0 Å². The Morgan fingerprint density at radius 2 is 1.68 bits per heavy atom. The fourth-order valence-electron chi connectivity index (χ4n) is 5.52. The lowest BCUT2D eigenvalue weighted by atomic mass is 10.0. The van der Waals surface area contributed by atoms with Crippen LogP contribution in [0, 0.1) is 0 Å². The third-order valence-corrected chi connectivity index (χ3v) is 7.79. The first-order valence-corrected chi connectivity index (χ1v) is 13.5. The number of rotatable bonds is 9. The van der Waals surface area contributed by atoms with Crippen molar-refractivity contribution in [3.8, 4) is 0 Å². The van der Waals surface area contributed by atoms with Crippen molar-refractivity contribution in [2.75, 3.05) is 38.0 Å². The monoisotopic (exact) mass is 503 g/mol. The number of benzene rings is 2. The highest BCUT2D eigenvalue weighted by Crippen LogP contribution is 2.32. The SMILES string of the molecule is CCCCN1CCN(Cc2ccc(CNc3cccc4c3CN(C3CCC(=O)NC3=O)C4=O)cc2)CC1. The molecule has 2 aromatic rings. The topological polar surface area (TPSA) is 85.0 Å². The average molecular weight is 504 g/mol. The predicted octanol–water partition coefficient (Wildman–Crippen LogP) is 2.98. The van der Waals surface area contributed by atoms with E-state index in [0.29, 0.717) is 25.1 Å². The number of fused-ring (bicyclic) bond motifs is 1. The Hall–Kier alpha value is -3.23. The van der Waals surface area contributed by atoms with Gasteiger partial charge in [0.25, 0.3) is 5.91 Å². The molecular formula is C29H37N5O3. The van der Waals surface area contributed by atoms with Crippen LogP contribution in [0.15, 0.2) is 42.5 Å². The van der Waals surface area contributed by atoms with Crippen molar-refractivity contribution in [2.45, 2.75) is 58.3 Å². The molecule has 3 aliphatic rings. The van der Waals surface area contributed by atoms with Crippen LogP contribution in [0.1, 0.15) is 59.7 Å². The van der Waals surface area contributed by atoms with E-state index < -0.39 is 6.04 Å². The van der Waals surface area contributed by atoms with Gasteiger partial charge in [-0.3, -0.25) is 24.6 Å². The summed E-state index contributed by atoms with van der Waals surface area (Å²) >= 11 is 0. The van der Waals surface area contributed by atoms with Crippen LogP contribution < -0.4 is 10.6 Å². The second-order valence-corrected chi connectivity index (χ2v) is 10.4. The highest BCUT2D eigenvalue weighted by Gasteiger charge is 2.39. The molecule has 0 spiro atoms. The number of carbonyl (C=O) groups is 3. The van der Waals surface area contributed by atoms with Gasteiger partial charge in [0.15, 0.2) is 0 Å². The van der Waals surface area contributed by atoms with Gasteiger partial charge in [-0.25, -0.2) is 0 Å². The van der Waals surface area contributed by atoms with Crippen molar-refractivity contribution in [3.63, 3.8) is 0 Å². The van der Waals surface area contributed by atoms with Gasteiger partial charge >= 0.3 is 0 Å². The van der Waals surface area contributed by atoms with E-state index in [4.69, 9.17) is 0 Å². The summed E-state index contributed by atoms with van der Waals surface area (Å²) in [4.78, 5) is 43.6. The lowest BCUT2D eigenvalue weighted by Crippen LogP contribution is -2.52. The van der Waals surface area contributed by atoms with E-state index in [9.17, 15) is 14.4 Å². The summed E-state index contributed by atoms with van der Waals surface area (Å²) in [5.74, 6) is -0.808. The van der Waals surface area contributed by atoms with Crippen molar-refractivity contribution in [3.05, 3.63) is 64.7 Å². The molecule has 8 heteroatoms. The van der Waals surface area contributed by atoms with Gasteiger partial charge < -0.3 is 15.1 Å². The molecule has 2 saturated heterocycles. The molecule has 2 aromatic carbocycles. The van der Waals surface area contributed by atoms with Gasteiger partial charge in [-0.05, 0) is 42.6 Å². The second kappa shape index (κ2) is 11.4. The summed E-state index contributed by atoms with van der Waals surface area (Å²) in [6.45, 7) is 10.1. The minimum absolute atomic E-state index is 0.149. The number of nitrogens with one attached hydrogen (secondary N) is 2. The summed E-state index contributed by atoms with van der Waals surface area (Å²) < 4.78 is 0. The van der Waals surface area contributed by atoms with Crippen LogP contribution in [0.3, 0.4) is 0 Å². The van der Waals surface area contributed by atoms with Gasteiger partial charge in [0.05, 0.1) is 0 Å².